The Morgan fingerprint density at radius 3 is 2.67 bits per heavy atom. The first-order chi connectivity index (χ1) is 8.69. The highest BCUT2D eigenvalue weighted by atomic mass is 16.5. The van der Waals surface area contributed by atoms with Crippen molar-refractivity contribution in [3.05, 3.63) is 41.5 Å². The van der Waals surface area contributed by atoms with E-state index < -0.39 is 0 Å². The van der Waals surface area contributed by atoms with Gasteiger partial charge in [0, 0.05) is 5.56 Å². The summed E-state index contributed by atoms with van der Waals surface area (Å²) in [5.41, 5.74) is 0.548. The van der Waals surface area contributed by atoms with Gasteiger partial charge < -0.3 is 14.6 Å². The molecule has 0 fully saturated rings. The maximum absolute atomic E-state index is 11.8. The van der Waals surface area contributed by atoms with E-state index in [-0.39, 0.29) is 12.5 Å². The number of benzene rings is 1. The van der Waals surface area contributed by atoms with E-state index >= 15 is 0 Å². The molecule has 0 aliphatic carbocycles. The van der Waals surface area contributed by atoms with Crippen LogP contribution >= 0.6 is 0 Å². The van der Waals surface area contributed by atoms with Gasteiger partial charge in [0.05, 0.1) is 13.7 Å². The summed E-state index contributed by atoms with van der Waals surface area (Å²) < 4.78 is 9.91. The molecule has 0 bridgehead atoms. The Bertz CT molecular complexity index is 534. The second-order valence-corrected chi connectivity index (χ2v) is 3.65. The third-order valence-corrected chi connectivity index (χ3v) is 2.32. The van der Waals surface area contributed by atoms with Crippen LogP contribution in [-0.2, 0) is 6.54 Å². The van der Waals surface area contributed by atoms with Crippen molar-refractivity contribution in [2.45, 2.75) is 13.5 Å². The standard InChI is InChI=1S/C12H13N3O3/c1-8-14-11(18-15-8)7-13-12(16)9-3-5-10(17-2)6-4-9/h3-6H,7H2,1-2H3,(H,13,16). The predicted octanol–water partition coefficient (Wildman–Crippen LogP) is 1.32. The van der Waals surface area contributed by atoms with Gasteiger partial charge in [0.15, 0.2) is 5.82 Å². The molecule has 0 aliphatic heterocycles. The molecule has 0 aliphatic rings. The number of aryl methyl sites for hydroxylation is 1. The molecule has 6 nitrogen and oxygen atoms in total. The summed E-state index contributed by atoms with van der Waals surface area (Å²) in [5, 5.41) is 6.33. The third kappa shape index (κ3) is 2.85. The zero-order chi connectivity index (χ0) is 13.0. The second-order valence-electron chi connectivity index (χ2n) is 3.65. The van der Waals surface area contributed by atoms with Gasteiger partial charge in [0.1, 0.15) is 5.75 Å². The zero-order valence-electron chi connectivity index (χ0n) is 10.1. The fourth-order valence-corrected chi connectivity index (χ4v) is 1.41. The quantitative estimate of drug-likeness (QED) is 0.881. The highest BCUT2D eigenvalue weighted by Gasteiger charge is 2.08. The molecular weight excluding hydrogens is 234 g/mol. The predicted molar refractivity (Wildman–Crippen MR) is 63.2 cm³/mol. The molecule has 0 atom stereocenters. The molecule has 2 aromatic rings. The number of nitrogens with one attached hydrogen (secondary N) is 1. The number of hydrogen-bond donors (Lipinski definition) is 1. The van der Waals surface area contributed by atoms with Crippen molar-refractivity contribution < 1.29 is 14.1 Å². The van der Waals surface area contributed by atoms with Crippen LogP contribution in [-0.4, -0.2) is 23.2 Å². The first kappa shape index (κ1) is 12.1. The van der Waals surface area contributed by atoms with Crippen molar-refractivity contribution in [3.8, 4) is 5.75 Å². The lowest BCUT2D eigenvalue weighted by Crippen LogP contribution is -2.22. The minimum absolute atomic E-state index is 0.200. The fourth-order valence-electron chi connectivity index (χ4n) is 1.41. The van der Waals surface area contributed by atoms with Crippen LogP contribution in [0.15, 0.2) is 28.8 Å². The van der Waals surface area contributed by atoms with Crippen molar-refractivity contribution in [2.24, 2.45) is 0 Å². The van der Waals surface area contributed by atoms with E-state index in [1.165, 1.54) is 0 Å². The number of hydrogen-bond acceptors (Lipinski definition) is 5. The van der Waals surface area contributed by atoms with Gasteiger partial charge in [-0.2, -0.15) is 4.98 Å². The molecule has 0 radical (unpaired) electrons. The van der Waals surface area contributed by atoms with Crippen LogP contribution in [0.2, 0.25) is 0 Å². The number of amides is 1. The lowest BCUT2D eigenvalue weighted by Gasteiger charge is -2.03. The average Bonchev–Trinajstić information content (AvgIpc) is 2.82. The number of aromatic nitrogens is 2. The van der Waals surface area contributed by atoms with Crippen LogP contribution in [0.5, 0.6) is 5.75 Å². The van der Waals surface area contributed by atoms with Crippen molar-refractivity contribution in [1.29, 1.82) is 0 Å². The number of rotatable bonds is 4. The Labute approximate surface area is 104 Å². The Balaban J connectivity index is 1.94. The molecule has 1 amide bonds. The van der Waals surface area contributed by atoms with Crippen LogP contribution in [0.4, 0.5) is 0 Å². The second kappa shape index (κ2) is 5.31. The van der Waals surface area contributed by atoms with Gasteiger partial charge in [-0.25, -0.2) is 0 Å². The lowest BCUT2D eigenvalue weighted by molar-refractivity contribution is 0.0946. The first-order valence-electron chi connectivity index (χ1n) is 5.40. The summed E-state index contributed by atoms with van der Waals surface area (Å²) in [6.07, 6.45) is 0. The van der Waals surface area contributed by atoms with Gasteiger partial charge in [-0.3, -0.25) is 4.79 Å². The monoisotopic (exact) mass is 247 g/mol. The third-order valence-electron chi connectivity index (χ3n) is 2.32. The fraction of sp³-hybridized carbons (Fsp3) is 0.250. The highest BCUT2D eigenvalue weighted by molar-refractivity contribution is 5.94. The van der Waals surface area contributed by atoms with Crippen molar-refractivity contribution in [3.63, 3.8) is 0 Å². The molecule has 18 heavy (non-hydrogen) atoms. The van der Waals surface area contributed by atoms with E-state index in [2.05, 4.69) is 15.5 Å². The van der Waals surface area contributed by atoms with Crippen LogP contribution in [0.3, 0.4) is 0 Å². The Kier molecular flexibility index (Phi) is 3.57. The maximum Gasteiger partial charge on any atom is 0.251 e. The van der Waals surface area contributed by atoms with Crippen LogP contribution in [0.25, 0.3) is 0 Å². The molecule has 0 unspecified atom stereocenters. The molecular formula is C12H13N3O3. The van der Waals surface area contributed by atoms with Gasteiger partial charge in [-0.05, 0) is 31.2 Å². The molecule has 1 N–H and O–H groups in total. The lowest BCUT2D eigenvalue weighted by atomic mass is 10.2. The molecule has 0 saturated carbocycles. The number of ether oxygens (including phenoxy) is 1. The van der Waals surface area contributed by atoms with Gasteiger partial charge in [-0.15, -0.1) is 0 Å². The molecule has 0 saturated heterocycles. The summed E-state index contributed by atoms with van der Waals surface area (Å²) >= 11 is 0. The zero-order valence-corrected chi connectivity index (χ0v) is 10.1. The average molecular weight is 247 g/mol. The van der Waals surface area contributed by atoms with Crippen molar-refractivity contribution in [2.75, 3.05) is 7.11 Å². The van der Waals surface area contributed by atoms with E-state index in [1.807, 2.05) is 0 Å². The van der Waals surface area contributed by atoms with Gasteiger partial charge in [0.2, 0.25) is 5.89 Å². The highest BCUT2D eigenvalue weighted by Crippen LogP contribution is 2.11. The Hall–Kier alpha value is -2.37. The number of carbonyl (C=O) groups excluding carboxylic acids is 1. The molecule has 2 rings (SSSR count). The van der Waals surface area contributed by atoms with Crippen molar-refractivity contribution >= 4 is 5.91 Å². The normalized spacial score (nSPS) is 10.1. The summed E-state index contributed by atoms with van der Waals surface area (Å²) in [6, 6.07) is 6.83. The Morgan fingerprint density at radius 2 is 2.11 bits per heavy atom. The van der Waals surface area contributed by atoms with Gasteiger partial charge >= 0.3 is 0 Å². The SMILES string of the molecule is COc1ccc(C(=O)NCc2nc(C)no2)cc1. The minimum atomic E-state index is -0.200. The summed E-state index contributed by atoms with van der Waals surface area (Å²) in [7, 11) is 1.58. The molecule has 0 spiro atoms. The summed E-state index contributed by atoms with van der Waals surface area (Å²) in [6.45, 7) is 1.93. The Morgan fingerprint density at radius 1 is 1.39 bits per heavy atom. The largest absolute Gasteiger partial charge is 0.497 e. The van der Waals surface area contributed by atoms with Gasteiger partial charge in [-0.1, -0.05) is 5.16 Å². The molecule has 1 heterocycles. The van der Waals surface area contributed by atoms with E-state index in [4.69, 9.17) is 9.26 Å². The van der Waals surface area contributed by atoms with Crippen molar-refractivity contribution in [1.82, 2.24) is 15.5 Å². The van der Waals surface area contributed by atoms with Crippen LogP contribution in [0.1, 0.15) is 22.1 Å². The minimum Gasteiger partial charge on any atom is -0.497 e. The van der Waals surface area contributed by atoms with Crippen LogP contribution < -0.4 is 10.1 Å². The first-order valence-corrected chi connectivity index (χ1v) is 5.40. The smallest absolute Gasteiger partial charge is 0.251 e. The number of methoxy groups -OCH3 is 1. The maximum atomic E-state index is 11.8. The molecule has 94 valence electrons. The topological polar surface area (TPSA) is 77.2 Å². The van der Waals surface area contributed by atoms with Crippen LogP contribution in [0, 0.1) is 6.92 Å². The van der Waals surface area contributed by atoms with E-state index in [0.29, 0.717) is 23.0 Å². The van der Waals surface area contributed by atoms with E-state index in [1.54, 1.807) is 38.3 Å². The number of carbonyl (C=O) groups is 1. The molecule has 1 aromatic carbocycles. The number of nitrogens with zero attached hydrogens (tertiary/aromatic N) is 2. The molecule has 1 aromatic heterocycles. The van der Waals surface area contributed by atoms with E-state index in [0.717, 1.165) is 0 Å². The van der Waals surface area contributed by atoms with Gasteiger partial charge in [0.25, 0.3) is 5.91 Å². The summed E-state index contributed by atoms with van der Waals surface area (Å²) in [4.78, 5) is 15.8. The summed E-state index contributed by atoms with van der Waals surface area (Å²) in [5.74, 6) is 1.44. The molecule has 6 heteroatoms. The van der Waals surface area contributed by atoms with E-state index in [9.17, 15) is 4.79 Å².